The van der Waals surface area contributed by atoms with Gasteiger partial charge in [0.25, 0.3) is 0 Å². The van der Waals surface area contributed by atoms with Crippen LogP contribution in [-0.2, 0) is 4.74 Å². The summed E-state index contributed by atoms with van der Waals surface area (Å²) < 4.78 is 5.55. The third-order valence-corrected chi connectivity index (χ3v) is 4.81. The van der Waals surface area contributed by atoms with E-state index in [0.717, 1.165) is 12.5 Å². The number of likely N-dealkylation sites (tertiary alicyclic amines) is 1. The van der Waals surface area contributed by atoms with Crippen molar-refractivity contribution in [2.45, 2.75) is 51.0 Å². The molecule has 2 saturated heterocycles. The van der Waals surface area contributed by atoms with Crippen LogP contribution in [0.15, 0.2) is 0 Å². The highest BCUT2D eigenvalue weighted by Gasteiger charge is 2.40. The van der Waals surface area contributed by atoms with Gasteiger partial charge >= 0.3 is 0 Å². The van der Waals surface area contributed by atoms with E-state index >= 15 is 0 Å². The van der Waals surface area contributed by atoms with Crippen LogP contribution in [0.25, 0.3) is 0 Å². The average Bonchev–Trinajstić information content (AvgIpc) is 2.75. The predicted molar refractivity (Wildman–Crippen MR) is 83.2 cm³/mol. The number of piperidine rings is 1. The molecule has 0 radical (unpaired) electrons. The van der Waals surface area contributed by atoms with E-state index < -0.39 is 0 Å². The number of nitrogens with one attached hydrogen (secondary N) is 1. The molecule has 0 aromatic heterocycles. The number of nitrogens with zero attached hydrogens (tertiary/aromatic N) is 1. The Morgan fingerprint density at radius 1 is 1.32 bits per heavy atom. The Kier molecular flexibility index (Phi) is 7.66. The molecule has 4 heteroatoms. The second-order valence-electron chi connectivity index (χ2n) is 6.15. The summed E-state index contributed by atoms with van der Waals surface area (Å²) in [6.07, 6.45) is 7.96. The van der Waals surface area contributed by atoms with Gasteiger partial charge in [0, 0.05) is 19.2 Å². The first-order valence-corrected chi connectivity index (χ1v) is 7.75. The van der Waals surface area contributed by atoms with Crippen LogP contribution in [0.2, 0.25) is 0 Å². The van der Waals surface area contributed by atoms with Crippen molar-refractivity contribution in [2.75, 3.05) is 39.9 Å². The Hall–Kier alpha value is 0.170. The summed E-state index contributed by atoms with van der Waals surface area (Å²) in [6.45, 7) is 8.23. The van der Waals surface area contributed by atoms with E-state index in [9.17, 15) is 0 Å². The molecule has 0 amide bonds. The lowest BCUT2D eigenvalue weighted by Gasteiger charge is -2.40. The Bertz CT molecular complexity index is 238. The molecule has 19 heavy (non-hydrogen) atoms. The van der Waals surface area contributed by atoms with E-state index in [1.165, 1.54) is 64.7 Å². The maximum Gasteiger partial charge on any atom is 0.0646 e. The zero-order valence-electron chi connectivity index (χ0n) is 12.6. The van der Waals surface area contributed by atoms with Crippen LogP contribution in [0.5, 0.6) is 0 Å². The maximum atomic E-state index is 5.55. The molecule has 1 atom stereocenters. The van der Waals surface area contributed by atoms with Crippen molar-refractivity contribution in [1.82, 2.24) is 10.2 Å². The molecule has 2 aliphatic heterocycles. The van der Waals surface area contributed by atoms with Gasteiger partial charge in [-0.3, -0.25) is 4.90 Å². The topological polar surface area (TPSA) is 24.5 Å². The van der Waals surface area contributed by atoms with Crippen molar-refractivity contribution in [1.29, 1.82) is 0 Å². The summed E-state index contributed by atoms with van der Waals surface area (Å²) in [5.41, 5.74) is 0.356. The van der Waals surface area contributed by atoms with Crippen LogP contribution in [0.4, 0.5) is 0 Å². The lowest BCUT2D eigenvalue weighted by atomic mass is 9.89. The van der Waals surface area contributed by atoms with Crippen LogP contribution >= 0.6 is 12.4 Å². The summed E-state index contributed by atoms with van der Waals surface area (Å²) in [5, 5.41) is 3.47. The predicted octanol–water partition coefficient (Wildman–Crippen LogP) is 2.69. The lowest BCUT2D eigenvalue weighted by molar-refractivity contribution is 0.0198. The normalized spacial score (nSPS) is 29.4. The largest absolute Gasteiger partial charge is 0.383 e. The summed E-state index contributed by atoms with van der Waals surface area (Å²) in [6, 6.07) is 0. The molecule has 0 spiro atoms. The number of rotatable bonds is 6. The Labute approximate surface area is 124 Å². The van der Waals surface area contributed by atoms with Crippen molar-refractivity contribution in [3.05, 3.63) is 0 Å². The third-order valence-electron chi connectivity index (χ3n) is 4.81. The van der Waals surface area contributed by atoms with E-state index in [2.05, 4.69) is 17.1 Å². The fourth-order valence-corrected chi connectivity index (χ4v) is 3.91. The van der Waals surface area contributed by atoms with Gasteiger partial charge in [-0.2, -0.15) is 0 Å². The highest BCUT2D eigenvalue weighted by molar-refractivity contribution is 5.85. The smallest absolute Gasteiger partial charge is 0.0646 e. The molecule has 1 unspecified atom stereocenters. The number of methoxy groups -OCH3 is 1. The van der Waals surface area contributed by atoms with Gasteiger partial charge < -0.3 is 10.1 Å². The number of hydrogen-bond acceptors (Lipinski definition) is 3. The van der Waals surface area contributed by atoms with Crippen molar-refractivity contribution in [3.63, 3.8) is 0 Å². The molecule has 2 fully saturated rings. The summed E-state index contributed by atoms with van der Waals surface area (Å²) >= 11 is 0. The first-order chi connectivity index (χ1) is 8.80. The second kappa shape index (κ2) is 8.46. The van der Waals surface area contributed by atoms with Crippen LogP contribution in [-0.4, -0.2) is 50.3 Å². The van der Waals surface area contributed by atoms with E-state index in [1.54, 1.807) is 0 Å². The van der Waals surface area contributed by atoms with Gasteiger partial charge in [-0.05, 0) is 57.7 Å². The average molecular weight is 291 g/mol. The first-order valence-electron chi connectivity index (χ1n) is 7.75. The molecule has 0 bridgehead atoms. The lowest BCUT2D eigenvalue weighted by Crippen LogP contribution is -2.50. The van der Waals surface area contributed by atoms with Crippen molar-refractivity contribution in [2.24, 2.45) is 5.92 Å². The van der Waals surface area contributed by atoms with Gasteiger partial charge in [0.2, 0.25) is 0 Å². The monoisotopic (exact) mass is 290 g/mol. The van der Waals surface area contributed by atoms with Gasteiger partial charge in [-0.1, -0.05) is 13.3 Å². The molecule has 1 N–H and O–H groups in total. The summed E-state index contributed by atoms with van der Waals surface area (Å²) in [5.74, 6) is 0.900. The first kappa shape index (κ1) is 17.2. The van der Waals surface area contributed by atoms with E-state index in [0.29, 0.717) is 5.54 Å². The molecule has 2 rings (SSSR count). The minimum Gasteiger partial charge on any atom is -0.383 e. The van der Waals surface area contributed by atoms with E-state index in [1.807, 2.05) is 7.11 Å². The van der Waals surface area contributed by atoms with Gasteiger partial charge in [0.05, 0.1) is 6.61 Å². The highest BCUT2D eigenvalue weighted by atomic mass is 35.5. The SMILES string of the molecule is CCCC1(COC)CCCN1CC1CCNCC1.Cl. The molecular formula is C15H31ClN2O. The minimum absolute atomic E-state index is 0. The van der Waals surface area contributed by atoms with Crippen molar-refractivity contribution >= 4 is 12.4 Å². The Balaban J connectivity index is 0.00000180. The maximum absolute atomic E-state index is 5.55. The van der Waals surface area contributed by atoms with Gasteiger partial charge in [0.15, 0.2) is 0 Å². The van der Waals surface area contributed by atoms with E-state index in [4.69, 9.17) is 4.74 Å². The molecule has 0 aromatic rings. The summed E-state index contributed by atoms with van der Waals surface area (Å²) in [7, 11) is 1.86. The van der Waals surface area contributed by atoms with Crippen LogP contribution in [0, 0.1) is 5.92 Å². The Morgan fingerprint density at radius 2 is 2.05 bits per heavy atom. The molecule has 114 valence electrons. The zero-order chi connectivity index (χ0) is 12.8. The molecule has 2 heterocycles. The quantitative estimate of drug-likeness (QED) is 0.814. The number of halogens is 1. The number of hydrogen-bond donors (Lipinski definition) is 1. The molecule has 0 aliphatic carbocycles. The molecule has 0 saturated carbocycles. The highest BCUT2D eigenvalue weighted by Crippen LogP contribution is 2.35. The van der Waals surface area contributed by atoms with Crippen LogP contribution in [0.3, 0.4) is 0 Å². The van der Waals surface area contributed by atoms with Crippen molar-refractivity contribution < 1.29 is 4.74 Å². The fourth-order valence-electron chi connectivity index (χ4n) is 3.91. The van der Waals surface area contributed by atoms with E-state index in [-0.39, 0.29) is 12.4 Å². The van der Waals surface area contributed by atoms with Gasteiger partial charge in [-0.25, -0.2) is 0 Å². The molecule has 2 aliphatic rings. The van der Waals surface area contributed by atoms with Crippen LogP contribution < -0.4 is 5.32 Å². The third kappa shape index (κ3) is 4.32. The molecule has 0 aromatic carbocycles. The fraction of sp³-hybridized carbons (Fsp3) is 1.00. The minimum atomic E-state index is 0. The standard InChI is InChI=1S/C15H30N2O.ClH/c1-3-7-15(13-18-2)8-4-11-17(15)12-14-5-9-16-10-6-14;/h14,16H,3-13H2,1-2H3;1H. The molecular weight excluding hydrogens is 260 g/mol. The molecule has 3 nitrogen and oxygen atoms in total. The Morgan fingerprint density at radius 3 is 2.68 bits per heavy atom. The number of ether oxygens (including phenoxy) is 1. The second-order valence-corrected chi connectivity index (χ2v) is 6.15. The zero-order valence-corrected chi connectivity index (χ0v) is 13.4. The van der Waals surface area contributed by atoms with Gasteiger partial charge in [-0.15, -0.1) is 12.4 Å². The summed E-state index contributed by atoms with van der Waals surface area (Å²) in [4.78, 5) is 2.76. The van der Waals surface area contributed by atoms with Crippen molar-refractivity contribution in [3.8, 4) is 0 Å². The van der Waals surface area contributed by atoms with Crippen LogP contribution in [0.1, 0.15) is 45.4 Å². The van der Waals surface area contributed by atoms with Gasteiger partial charge in [0.1, 0.15) is 0 Å².